The third-order valence-corrected chi connectivity index (χ3v) is 7.22. The fraction of sp³-hybridized carbons (Fsp3) is 0.345. The van der Waals surface area contributed by atoms with E-state index < -0.39 is 0 Å². The van der Waals surface area contributed by atoms with Crippen LogP contribution in [0.25, 0.3) is 11.1 Å². The van der Waals surface area contributed by atoms with Gasteiger partial charge in [-0.2, -0.15) is 0 Å². The number of thioether (sulfide) groups is 1. The topological polar surface area (TPSA) is 44.8 Å². The van der Waals surface area contributed by atoms with E-state index in [1.54, 1.807) is 26.0 Å². The van der Waals surface area contributed by atoms with Crippen LogP contribution in [0.4, 0.5) is 0 Å². The minimum Gasteiger partial charge on any atom is -0.497 e. The molecule has 0 unspecified atom stereocenters. The maximum atomic E-state index is 12.8. The number of carbonyl (C=O) groups excluding carboxylic acids is 1. The lowest BCUT2D eigenvalue weighted by atomic mass is 9.81. The summed E-state index contributed by atoms with van der Waals surface area (Å²) in [6.07, 6.45) is 2.09. The molecular weight excluding hydrogens is 444 g/mol. The summed E-state index contributed by atoms with van der Waals surface area (Å²) in [6.45, 7) is 10.7. The van der Waals surface area contributed by atoms with Crippen LogP contribution < -0.4 is 9.47 Å². The summed E-state index contributed by atoms with van der Waals surface area (Å²) in [4.78, 5) is 13.4. The summed E-state index contributed by atoms with van der Waals surface area (Å²) in [5.74, 6) is 1.39. The lowest BCUT2D eigenvalue weighted by Crippen LogP contribution is -2.17. The predicted molar refractivity (Wildman–Crippen MR) is 142 cm³/mol. The van der Waals surface area contributed by atoms with E-state index in [1.165, 1.54) is 22.3 Å². The van der Waals surface area contributed by atoms with Gasteiger partial charge in [-0.3, -0.25) is 0 Å². The highest BCUT2D eigenvalue weighted by molar-refractivity contribution is 8.05. The van der Waals surface area contributed by atoms with Crippen LogP contribution in [0.1, 0.15) is 45.7 Å². The number of hydrogen-bond donors (Lipinski definition) is 0. The molecule has 0 aliphatic carbocycles. The van der Waals surface area contributed by atoms with Crippen LogP contribution in [-0.2, 0) is 9.53 Å². The first-order valence-electron chi connectivity index (χ1n) is 11.5. The molecular formula is C29H34O4S. The fourth-order valence-electron chi connectivity index (χ4n) is 4.38. The number of ether oxygens (including phenoxy) is 3. The Hall–Kier alpha value is -2.92. The molecule has 180 valence electrons. The van der Waals surface area contributed by atoms with Gasteiger partial charge in [0.15, 0.2) is 0 Å². The molecule has 5 heteroatoms. The van der Waals surface area contributed by atoms with Crippen molar-refractivity contribution in [2.45, 2.75) is 39.9 Å². The van der Waals surface area contributed by atoms with Gasteiger partial charge < -0.3 is 14.2 Å². The standard InChI is InChI=1S/C29H34O4S/c1-8-33-29(30)25-17-24(26(18(2)3)20-9-13-22(31-6)14-10-20)28(34-25)27(19(4)5)21-11-15-23(32-7)16-12-21/h9-17,24,28H,8H2,1-7H3/t24-,28+/m0/s1. The Labute approximate surface area is 207 Å². The Balaban J connectivity index is 2.13. The molecule has 0 N–H and O–H groups in total. The van der Waals surface area contributed by atoms with Crippen molar-refractivity contribution in [1.29, 1.82) is 0 Å². The van der Waals surface area contributed by atoms with E-state index in [0.717, 1.165) is 22.6 Å². The zero-order valence-electron chi connectivity index (χ0n) is 21.1. The Bertz CT molecular complexity index is 1100. The summed E-state index contributed by atoms with van der Waals surface area (Å²) in [7, 11) is 3.34. The number of allylic oxidation sites excluding steroid dienone is 4. The largest absolute Gasteiger partial charge is 0.497 e. The summed E-state index contributed by atoms with van der Waals surface area (Å²) >= 11 is 1.59. The molecule has 0 bridgehead atoms. The van der Waals surface area contributed by atoms with Crippen molar-refractivity contribution in [1.82, 2.24) is 0 Å². The molecule has 1 aliphatic heterocycles. The second-order valence-corrected chi connectivity index (χ2v) is 9.78. The quantitative estimate of drug-likeness (QED) is 0.376. The molecule has 4 nitrogen and oxygen atoms in total. The molecule has 0 aromatic heterocycles. The van der Waals surface area contributed by atoms with Crippen LogP contribution in [0.2, 0.25) is 0 Å². The molecule has 0 fully saturated rings. The number of hydrogen-bond acceptors (Lipinski definition) is 5. The second-order valence-electron chi connectivity index (χ2n) is 8.60. The van der Waals surface area contributed by atoms with Crippen molar-refractivity contribution >= 4 is 28.9 Å². The van der Waals surface area contributed by atoms with Crippen molar-refractivity contribution in [3.8, 4) is 11.5 Å². The zero-order chi connectivity index (χ0) is 24.8. The number of benzene rings is 2. The summed E-state index contributed by atoms with van der Waals surface area (Å²) in [5, 5.41) is 0.0322. The molecule has 0 spiro atoms. The van der Waals surface area contributed by atoms with Gasteiger partial charge in [-0.25, -0.2) is 4.79 Å². The number of methoxy groups -OCH3 is 2. The second kappa shape index (κ2) is 11.5. The summed E-state index contributed by atoms with van der Waals surface area (Å²) < 4.78 is 16.1. The van der Waals surface area contributed by atoms with Crippen molar-refractivity contribution in [3.05, 3.63) is 81.8 Å². The fourth-order valence-corrected chi connectivity index (χ4v) is 5.89. The van der Waals surface area contributed by atoms with Gasteiger partial charge in [0.05, 0.1) is 25.7 Å². The maximum Gasteiger partial charge on any atom is 0.344 e. The van der Waals surface area contributed by atoms with Gasteiger partial charge >= 0.3 is 5.97 Å². The lowest BCUT2D eigenvalue weighted by Gasteiger charge is -2.27. The molecule has 2 aromatic carbocycles. The molecule has 2 aromatic rings. The van der Waals surface area contributed by atoms with Gasteiger partial charge in [0.25, 0.3) is 0 Å². The van der Waals surface area contributed by atoms with Gasteiger partial charge in [-0.15, -0.1) is 11.8 Å². The van der Waals surface area contributed by atoms with Crippen LogP contribution in [0.3, 0.4) is 0 Å². The van der Waals surface area contributed by atoms with Crippen molar-refractivity contribution in [2.24, 2.45) is 5.92 Å². The highest BCUT2D eigenvalue weighted by Crippen LogP contribution is 2.50. The van der Waals surface area contributed by atoms with Crippen LogP contribution in [0, 0.1) is 5.92 Å². The number of rotatable bonds is 8. The van der Waals surface area contributed by atoms with E-state index >= 15 is 0 Å². The van der Waals surface area contributed by atoms with Gasteiger partial charge in [0.1, 0.15) is 11.5 Å². The van der Waals surface area contributed by atoms with E-state index in [-0.39, 0.29) is 17.1 Å². The van der Waals surface area contributed by atoms with Gasteiger partial charge in [0, 0.05) is 11.2 Å². The molecule has 0 amide bonds. The Morgan fingerprint density at radius 3 is 1.68 bits per heavy atom. The third-order valence-electron chi connectivity index (χ3n) is 5.88. The van der Waals surface area contributed by atoms with Gasteiger partial charge in [-0.1, -0.05) is 41.5 Å². The highest BCUT2D eigenvalue weighted by atomic mass is 32.2. The first-order chi connectivity index (χ1) is 16.3. The lowest BCUT2D eigenvalue weighted by molar-refractivity contribution is -0.137. The van der Waals surface area contributed by atoms with E-state index in [9.17, 15) is 4.79 Å². The first kappa shape index (κ1) is 25.7. The minimum absolute atomic E-state index is 0.00908. The highest BCUT2D eigenvalue weighted by Gasteiger charge is 2.38. The number of carbonyl (C=O) groups is 1. The molecule has 1 heterocycles. The molecule has 0 saturated heterocycles. The Kier molecular flexibility index (Phi) is 8.67. The van der Waals surface area contributed by atoms with Crippen molar-refractivity contribution in [2.75, 3.05) is 20.8 Å². The summed E-state index contributed by atoms with van der Waals surface area (Å²) in [5.41, 5.74) is 7.12. The SMILES string of the molecule is CCOC(=O)C1=C[C@@H](C(=C(C)C)c2ccc(OC)cc2)[C@H](C(=C(C)C)c2ccc(OC)cc2)S1. The summed E-state index contributed by atoms with van der Waals surface area (Å²) in [6, 6.07) is 16.3. The third kappa shape index (κ3) is 5.58. The average molecular weight is 479 g/mol. The van der Waals surface area contributed by atoms with Gasteiger partial charge in [-0.05, 0) is 81.2 Å². The molecule has 34 heavy (non-hydrogen) atoms. The zero-order valence-corrected chi connectivity index (χ0v) is 21.9. The minimum atomic E-state index is -0.259. The van der Waals surface area contributed by atoms with E-state index in [4.69, 9.17) is 14.2 Å². The predicted octanol–water partition coefficient (Wildman–Crippen LogP) is 7.17. The first-order valence-corrected chi connectivity index (χ1v) is 12.4. The Morgan fingerprint density at radius 1 is 0.794 bits per heavy atom. The molecule has 0 saturated carbocycles. The van der Waals surface area contributed by atoms with Crippen LogP contribution in [0.5, 0.6) is 11.5 Å². The number of esters is 1. The Morgan fingerprint density at radius 2 is 1.26 bits per heavy atom. The molecule has 1 aliphatic rings. The average Bonchev–Trinajstić information content (AvgIpc) is 3.24. The molecule has 0 radical (unpaired) electrons. The maximum absolute atomic E-state index is 12.8. The van der Waals surface area contributed by atoms with Gasteiger partial charge in [0.2, 0.25) is 0 Å². The smallest absolute Gasteiger partial charge is 0.344 e. The molecule has 3 rings (SSSR count). The normalized spacial score (nSPS) is 17.0. The van der Waals surface area contributed by atoms with E-state index in [2.05, 4.69) is 58.0 Å². The van der Waals surface area contributed by atoms with Crippen molar-refractivity contribution < 1.29 is 19.0 Å². The van der Waals surface area contributed by atoms with Crippen LogP contribution >= 0.6 is 11.8 Å². The molecule has 2 atom stereocenters. The van der Waals surface area contributed by atoms with Crippen LogP contribution in [-0.4, -0.2) is 32.0 Å². The monoisotopic (exact) mass is 478 g/mol. The van der Waals surface area contributed by atoms with E-state index in [1.807, 2.05) is 31.2 Å². The van der Waals surface area contributed by atoms with Crippen LogP contribution in [0.15, 0.2) is 70.7 Å². The van der Waals surface area contributed by atoms with E-state index in [0.29, 0.717) is 11.5 Å². The van der Waals surface area contributed by atoms with Crippen molar-refractivity contribution in [3.63, 3.8) is 0 Å².